The summed E-state index contributed by atoms with van der Waals surface area (Å²) in [5.41, 5.74) is 16.6. The van der Waals surface area contributed by atoms with Crippen molar-refractivity contribution >= 4 is 5.70 Å². The van der Waals surface area contributed by atoms with Crippen molar-refractivity contribution in [3.05, 3.63) is 40.7 Å². The van der Waals surface area contributed by atoms with Crippen molar-refractivity contribution in [2.45, 2.75) is 104 Å². The Balaban J connectivity index is 2.38. The highest BCUT2D eigenvalue weighted by Gasteiger charge is 2.23. The van der Waals surface area contributed by atoms with Crippen LogP contribution in [0.4, 0.5) is 0 Å². The third-order valence-corrected chi connectivity index (χ3v) is 6.91. The molecule has 0 radical (unpaired) electrons. The number of benzene rings is 1. The third-order valence-electron chi connectivity index (χ3n) is 6.91. The highest BCUT2D eigenvalue weighted by Crippen LogP contribution is 2.38. The maximum absolute atomic E-state index is 10.9. The molecular weight excluding hydrogens is 410 g/mol. The molecule has 5 nitrogen and oxygen atoms in total. The highest BCUT2D eigenvalue weighted by atomic mass is 16.5. The van der Waals surface area contributed by atoms with Crippen LogP contribution in [0.1, 0.15) is 103 Å². The van der Waals surface area contributed by atoms with E-state index in [2.05, 4.69) is 26.1 Å². The second-order valence-corrected chi connectivity index (χ2v) is 9.57. The molecule has 0 aromatic heterocycles. The number of hydrogen-bond donors (Lipinski definition) is 4. The summed E-state index contributed by atoms with van der Waals surface area (Å²) >= 11 is 0. The molecule has 0 amide bonds. The summed E-state index contributed by atoms with van der Waals surface area (Å²) in [6.45, 7) is 6.60. The third kappa shape index (κ3) is 8.21. The van der Waals surface area contributed by atoms with Crippen LogP contribution in [0.2, 0.25) is 0 Å². The van der Waals surface area contributed by atoms with Crippen LogP contribution in [-0.4, -0.2) is 18.3 Å². The van der Waals surface area contributed by atoms with E-state index in [9.17, 15) is 5.11 Å². The van der Waals surface area contributed by atoms with Gasteiger partial charge in [-0.05, 0) is 61.3 Å². The van der Waals surface area contributed by atoms with E-state index in [1.54, 1.807) is 13.2 Å². The molecule has 1 aliphatic carbocycles. The summed E-state index contributed by atoms with van der Waals surface area (Å²) in [5, 5.41) is 14.4. The standard InChI is InChI=1S/C28H47N3O2/c1-5-8-10-15-23(7-3)31-26(29)18-21(14-9-6-2)28(30)27-22(16-20-12-11-13-20)17-24(33-4)19-25(27)32/h17-20,23,31-32H,5-16,29-30H2,1-4H3/b26-18+,28-21-/t23-/m0/s1. The summed E-state index contributed by atoms with van der Waals surface area (Å²) in [6.07, 6.45) is 15.4. The first-order valence-corrected chi connectivity index (χ1v) is 13.1. The maximum atomic E-state index is 10.9. The van der Waals surface area contributed by atoms with E-state index in [1.807, 2.05) is 12.1 Å². The highest BCUT2D eigenvalue weighted by molar-refractivity contribution is 5.76. The van der Waals surface area contributed by atoms with Crippen LogP contribution < -0.4 is 21.5 Å². The molecule has 0 saturated heterocycles. The van der Waals surface area contributed by atoms with Crippen LogP contribution in [0, 0.1) is 5.92 Å². The summed E-state index contributed by atoms with van der Waals surface area (Å²) in [5.74, 6) is 2.16. The van der Waals surface area contributed by atoms with Crippen LogP contribution in [0.25, 0.3) is 5.70 Å². The Hall–Kier alpha value is -2.30. The van der Waals surface area contributed by atoms with Gasteiger partial charge in [-0.15, -0.1) is 0 Å². The minimum absolute atomic E-state index is 0.182. The van der Waals surface area contributed by atoms with Crippen LogP contribution in [-0.2, 0) is 6.42 Å². The lowest BCUT2D eigenvalue weighted by atomic mass is 9.79. The number of allylic oxidation sites excluding steroid dienone is 2. The van der Waals surface area contributed by atoms with E-state index in [-0.39, 0.29) is 5.75 Å². The quantitative estimate of drug-likeness (QED) is 0.182. The topological polar surface area (TPSA) is 93.5 Å². The van der Waals surface area contributed by atoms with Gasteiger partial charge in [-0.1, -0.05) is 65.7 Å². The molecule has 0 heterocycles. The molecule has 1 aromatic carbocycles. The average Bonchev–Trinajstić information content (AvgIpc) is 2.77. The fourth-order valence-electron chi connectivity index (χ4n) is 4.55. The van der Waals surface area contributed by atoms with Crippen LogP contribution in [0.3, 0.4) is 0 Å². The van der Waals surface area contributed by atoms with E-state index in [1.165, 1.54) is 38.5 Å². The lowest BCUT2D eigenvalue weighted by Gasteiger charge is -2.27. The van der Waals surface area contributed by atoms with Crippen molar-refractivity contribution < 1.29 is 9.84 Å². The Kier molecular flexibility index (Phi) is 11.5. The zero-order chi connectivity index (χ0) is 24.2. The molecular formula is C28H47N3O2. The Morgan fingerprint density at radius 3 is 2.45 bits per heavy atom. The van der Waals surface area contributed by atoms with Crippen LogP contribution >= 0.6 is 0 Å². The van der Waals surface area contributed by atoms with Gasteiger partial charge < -0.3 is 26.6 Å². The predicted molar refractivity (Wildman–Crippen MR) is 140 cm³/mol. The molecule has 1 fully saturated rings. The van der Waals surface area contributed by atoms with Crippen molar-refractivity contribution in [1.29, 1.82) is 0 Å². The molecule has 5 heteroatoms. The summed E-state index contributed by atoms with van der Waals surface area (Å²) in [6, 6.07) is 4.06. The monoisotopic (exact) mass is 457 g/mol. The molecule has 2 rings (SSSR count). The first-order valence-electron chi connectivity index (χ1n) is 13.1. The largest absolute Gasteiger partial charge is 0.507 e. The number of phenolic OH excluding ortho intramolecular Hbond substituents is 1. The molecule has 1 aliphatic rings. The minimum Gasteiger partial charge on any atom is -0.507 e. The Labute approximate surface area is 201 Å². The zero-order valence-corrected chi connectivity index (χ0v) is 21.4. The number of nitrogens with one attached hydrogen (secondary N) is 1. The van der Waals surface area contributed by atoms with Gasteiger partial charge in [-0.25, -0.2) is 0 Å². The lowest BCUT2D eigenvalue weighted by molar-refractivity contribution is 0.313. The molecule has 1 atom stereocenters. The lowest BCUT2D eigenvalue weighted by Crippen LogP contribution is -2.31. The SMILES string of the molecule is CCCCC[C@H](CC)N/C(N)=C/C(CCCC)=C(\N)c1c(O)cc(OC)cc1CC1CCC1. The number of aromatic hydroxyl groups is 1. The number of unbranched alkanes of at least 4 members (excludes halogenated alkanes) is 3. The predicted octanol–water partition coefficient (Wildman–Crippen LogP) is 6.35. The second kappa shape index (κ2) is 14.1. The molecule has 1 saturated carbocycles. The number of methoxy groups -OCH3 is 1. The normalized spacial score (nSPS) is 16.2. The summed E-state index contributed by atoms with van der Waals surface area (Å²) < 4.78 is 5.43. The molecule has 0 spiro atoms. The summed E-state index contributed by atoms with van der Waals surface area (Å²) in [4.78, 5) is 0. The van der Waals surface area contributed by atoms with Gasteiger partial charge in [-0.3, -0.25) is 0 Å². The van der Waals surface area contributed by atoms with Gasteiger partial charge in [0.05, 0.1) is 12.9 Å². The van der Waals surface area contributed by atoms with Crippen molar-refractivity contribution in [2.24, 2.45) is 17.4 Å². The average molecular weight is 458 g/mol. The van der Waals surface area contributed by atoms with E-state index in [0.717, 1.165) is 55.2 Å². The van der Waals surface area contributed by atoms with E-state index < -0.39 is 0 Å². The van der Waals surface area contributed by atoms with Crippen LogP contribution in [0.5, 0.6) is 11.5 Å². The van der Waals surface area contributed by atoms with Gasteiger partial charge in [0, 0.05) is 23.4 Å². The number of hydrogen-bond acceptors (Lipinski definition) is 5. The fourth-order valence-corrected chi connectivity index (χ4v) is 4.55. The Morgan fingerprint density at radius 2 is 1.88 bits per heavy atom. The zero-order valence-electron chi connectivity index (χ0n) is 21.4. The van der Waals surface area contributed by atoms with E-state index in [0.29, 0.717) is 29.2 Å². The first kappa shape index (κ1) is 26.9. The smallest absolute Gasteiger partial charge is 0.128 e. The molecule has 33 heavy (non-hydrogen) atoms. The van der Waals surface area contributed by atoms with E-state index >= 15 is 0 Å². The van der Waals surface area contributed by atoms with Crippen molar-refractivity contribution in [2.75, 3.05) is 7.11 Å². The number of ether oxygens (including phenoxy) is 1. The number of nitrogens with two attached hydrogens (primary N) is 2. The summed E-state index contributed by atoms with van der Waals surface area (Å²) in [7, 11) is 1.63. The molecule has 6 N–H and O–H groups in total. The maximum Gasteiger partial charge on any atom is 0.128 e. The van der Waals surface area contributed by atoms with E-state index in [4.69, 9.17) is 16.2 Å². The first-order chi connectivity index (χ1) is 15.9. The minimum atomic E-state index is 0.182. The molecule has 0 aliphatic heterocycles. The van der Waals surface area contributed by atoms with Gasteiger partial charge >= 0.3 is 0 Å². The molecule has 186 valence electrons. The Bertz CT molecular complexity index is 797. The van der Waals surface area contributed by atoms with Gasteiger partial charge in [0.1, 0.15) is 11.5 Å². The van der Waals surface area contributed by atoms with Crippen LogP contribution in [0.15, 0.2) is 29.6 Å². The van der Waals surface area contributed by atoms with Gasteiger partial charge in [0.2, 0.25) is 0 Å². The van der Waals surface area contributed by atoms with Crippen molar-refractivity contribution in [3.8, 4) is 11.5 Å². The second-order valence-electron chi connectivity index (χ2n) is 9.57. The van der Waals surface area contributed by atoms with Crippen molar-refractivity contribution in [3.63, 3.8) is 0 Å². The van der Waals surface area contributed by atoms with Gasteiger partial charge in [-0.2, -0.15) is 0 Å². The van der Waals surface area contributed by atoms with Gasteiger partial charge in [0.25, 0.3) is 0 Å². The fraction of sp³-hybridized carbons (Fsp3) is 0.643. The number of phenols is 1. The van der Waals surface area contributed by atoms with Gasteiger partial charge in [0.15, 0.2) is 0 Å². The molecule has 0 bridgehead atoms. The molecule has 0 unspecified atom stereocenters. The number of rotatable bonds is 15. The molecule has 1 aromatic rings. The van der Waals surface area contributed by atoms with Crippen molar-refractivity contribution in [1.82, 2.24) is 5.32 Å². The Morgan fingerprint density at radius 1 is 1.15 bits per heavy atom.